The molecule has 0 fully saturated rings. The second-order valence-electron chi connectivity index (χ2n) is 2.97. The number of rotatable bonds is 0. The quantitative estimate of drug-likeness (QED) is 0.501. The summed E-state index contributed by atoms with van der Waals surface area (Å²) in [6.45, 7) is 4.44. The van der Waals surface area contributed by atoms with Crippen LogP contribution in [0.15, 0.2) is 12.3 Å². The van der Waals surface area contributed by atoms with E-state index in [1.54, 1.807) is 0 Å². The highest BCUT2D eigenvalue weighted by Gasteiger charge is 2.15. The maximum atomic E-state index is 3.28. The molecule has 1 heterocycles. The van der Waals surface area contributed by atoms with Crippen LogP contribution in [0.5, 0.6) is 0 Å². The SMILES string of the molecule is CC1(C)CCC=CN1. The lowest BCUT2D eigenvalue weighted by molar-refractivity contribution is 0.397. The zero-order chi connectivity index (χ0) is 6.04. The first-order valence-corrected chi connectivity index (χ1v) is 3.13. The van der Waals surface area contributed by atoms with E-state index in [1.165, 1.54) is 12.8 Å². The Morgan fingerprint density at radius 2 is 2.25 bits per heavy atom. The average Bonchev–Trinajstić information content (AvgIpc) is 1.65. The summed E-state index contributed by atoms with van der Waals surface area (Å²) in [6, 6.07) is 0. The van der Waals surface area contributed by atoms with E-state index in [0.717, 1.165) is 0 Å². The molecule has 0 aromatic rings. The van der Waals surface area contributed by atoms with Gasteiger partial charge in [0.1, 0.15) is 0 Å². The van der Waals surface area contributed by atoms with Crippen molar-refractivity contribution in [2.75, 3.05) is 0 Å². The lowest BCUT2D eigenvalue weighted by Gasteiger charge is -2.27. The van der Waals surface area contributed by atoms with E-state index in [-0.39, 0.29) is 0 Å². The molecule has 0 aromatic heterocycles. The molecule has 0 saturated carbocycles. The van der Waals surface area contributed by atoms with Crippen molar-refractivity contribution in [2.24, 2.45) is 0 Å². The second-order valence-corrected chi connectivity index (χ2v) is 2.97. The van der Waals surface area contributed by atoms with Crippen LogP contribution in [0.2, 0.25) is 0 Å². The fourth-order valence-corrected chi connectivity index (χ4v) is 0.884. The summed E-state index contributed by atoms with van der Waals surface area (Å²) in [5, 5.41) is 3.28. The third-order valence-corrected chi connectivity index (χ3v) is 1.53. The first kappa shape index (κ1) is 5.67. The van der Waals surface area contributed by atoms with Crippen molar-refractivity contribution < 1.29 is 0 Å². The van der Waals surface area contributed by atoms with Crippen molar-refractivity contribution in [1.82, 2.24) is 5.32 Å². The molecular weight excluding hydrogens is 98.1 g/mol. The summed E-state index contributed by atoms with van der Waals surface area (Å²) in [5.41, 5.74) is 0.342. The zero-order valence-corrected chi connectivity index (χ0v) is 5.57. The fourth-order valence-electron chi connectivity index (χ4n) is 0.884. The van der Waals surface area contributed by atoms with Crippen LogP contribution in [0.1, 0.15) is 26.7 Å². The van der Waals surface area contributed by atoms with Gasteiger partial charge in [-0.25, -0.2) is 0 Å². The van der Waals surface area contributed by atoms with Gasteiger partial charge in [0, 0.05) is 5.54 Å². The van der Waals surface area contributed by atoms with Gasteiger partial charge in [-0.2, -0.15) is 0 Å². The first-order chi connectivity index (χ1) is 3.71. The van der Waals surface area contributed by atoms with Gasteiger partial charge in [-0.05, 0) is 32.9 Å². The topological polar surface area (TPSA) is 12.0 Å². The van der Waals surface area contributed by atoms with Gasteiger partial charge in [-0.1, -0.05) is 6.08 Å². The highest BCUT2D eigenvalue weighted by molar-refractivity contribution is 4.95. The van der Waals surface area contributed by atoms with E-state index in [2.05, 4.69) is 25.2 Å². The molecule has 0 radical (unpaired) electrons. The summed E-state index contributed by atoms with van der Waals surface area (Å²) in [5.74, 6) is 0. The number of hydrogen-bond acceptors (Lipinski definition) is 1. The molecule has 0 bridgehead atoms. The Kier molecular flexibility index (Phi) is 1.28. The molecule has 0 amide bonds. The van der Waals surface area contributed by atoms with Gasteiger partial charge >= 0.3 is 0 Å². The number of nitrogens with one attached hydrogen (secondary N) is 1. The van der Waals surface area contributed by atoms with E-state index in [1.807, 2.05) is 6.20 Å². The van der Waals surface area contributed by atoms with Crippen molar-refractivity contribution in [2.45, 2.75) is 32.2 Å². The van der Waals surface area contributed by atoms with Gasteiger partial charge in [0.15, 0.2) is 0 Å². The van der Waals surface area contributed by atoms with Crippen LogP contribution in [0.3, 0.4) is 0 Å². The van der Waals surface area contributed by atoms with Crippen LogP contribution >= 0.6 is 0 Å². The minimum atomic E-state index is 0.342. The van der Waals surface area contributed by atoms with Crippen molar-refractivity contribution in [3.05, 3.63) is 12.3 Å². The molecule has 0 saturated heterocycles. The second kappa shape index (κ2) is 1.81. The van der Waals surface area contributed by atoms with Crippen LogP contribution < -0.4 is 5.32 Å². The monoisotopic (exact) mass is 111 g/mol. The molecule has 0 spiro atoms. The van der Waals surface area contributed by atoms with Gasteiger partial charge in [0.05, 0.1) is 0 Å². The molecule has 0 aliphatic carbocycles. The minimum Gasteiger partial charge on any atom is -0.386 e. The molecule has 0 aromatic carbocycles. The van der Waals surface area contributed by atoms with E-state index in [0.29, 0.717) is 5.54 Å². The molecule has 1 heteroatoms. The lowest BCUT2D eigenvalue weighted by atomic mass is 9.96. The van der Waals surface area contributed by atoms with Gasteiger partial charge in [-0.3, -0.25) is 0 Å². The van der Waals surface area contributed by atoms with Gasteiger partial charge in [0.25, 0.3) is 0 Å². The van der Waals surface area contributed by atoms with E-state index < -0.39 is 0 Å². The Bertz CT molecular complexity index is 103. The van der Waals surface area contributed by atoms with Crippen molar-refractivity contribution >= 4 is 0 Å². The molecule has 46 valence electrons. The van der Waals surface area contributed by atoms with Crippen LogP contribution in [0.4, 0.5) is 0 Å². The highest BCUT2D eigenvalue weighted by atomic mass is 14.9. The Labute approximate surface area is 50.8 Å². The molecule has 1 N–H and O–H groups in total. The maximum Gasteiger partial charge on any atom is 0.0314 e. The Morgan fingerprint density at radius 3 is 2.50 bits per heavy atom. The minimum absolute atomic E-state index is 0.342. The lowest BCUT2D eigenvalue weighted by Crippen LogP contribution is -2.36. The van der Waals surface area contributed by atoms with Gasteiger partial charge in [0.2, 0.25) is 0 Å². The normalized spacial score (nSPS) is 24.8. The largest absolute Gasteiger partial charge is 0.386 e. The van der Waals surface area contributed by atoms with Crippen molar-refractivity contribution in [3.8, 4) is 0 Å². The predicted molar refractivity (Wildman–Crippen MR) is 35.6 cm³/mol. The standard InChI is InChI=1S/C7H13N/c1-7(2)5-3-4-6-8-7/h4,6,8H,3,5H2,1-2H3. The molecule has 1 aliphatic heterocycles. The van der Waals surface area contributed by atoms with Crippen LogP contribution in [0, 0.1) is 0 Å². The van der Waals surface area contributed by atoms with E-state index >= 15 is 0 Å². The Morgan fingerprint density at radius 1 is 1.50 bits per heavy atom. The van der Waals surface area contributed by atoms with Crippen LogP contribution in [-0.4, -0.2) is 5.54 Å². The Hall–Kier alpha value is -0.460. The van der Waals surface area contributed by atoms with Crippen LogP contribution in [-0.2, 0) is 0 Å². The first-order valence-electron chi connectivity index (χ1n) is 3.13. The third-order valence-electron chi connectivity index (χ3n) is 1.53. The molecule has 1 aliphatic rings. The molecule has 0 atom stereocenters. The summed E-state index contributed by atoms with van der Waals surface area (Å²) < 4.78 is 0. The maximum absolute atomic E-state index is 3.28. The molecule has 1 rings (SSSR count). The fraction of sp³-hybridized carbons (Fsp3) is 0.714. The summed E-state index contributed by atoms with van der Waals surface area (Å²) >= 11 is 0. The van der Waals surface area contributed by atoms with E-state index in [4.69, 9.17) is 0 Å². The summed E-state index contributed by atoms with van der Waals surface area (Å²) in [6.07, 6.45) is 6.69. The Balaban J connectivity index is 2.50. The summed E-state index contributed by atoms with van der Waals surface area (Å²) in [4.78, 5) is 0. The predicted octanol–water partition coefficient (Wildman–Crippen LogP) is 1.66. The van der Waals surface area contributed by atoms with Crippen molar-refractivity contribution in [3.63, 3.8) is 0 Å². The van der Waals surface area contributed by atoms with Gasteiger partial charge in [-0.15, -0.1) is 0 Å². The number of hydrogen-bond donors (Lipinski definition) is 1. The zero-order valence-electron chi connectivity index (χ0n) is 5.57. The molecule has 8 heavy (non-hydrogen) atoms. The van der Waals surface area contributed by atoms with Gasteiger partial charge < -0.3 is 5.32 Å². The van der Waals surface area contributed by atoms with E-state index in [9.17, 15) is 0 Å². The highest BCUT2D eigenvalue weighted by Crippen LogP contribution is 2.14. The van der Waals surface area contributed by atoms with Crippen molar-refractivity contribution in [1.29, 1.82) is 0 Å². The third kappa shape index (κ3) is 1.25. The summed E-state index contributed by atoms with van der Waals surface area (Å²) in [7, 11) is 0. The van der Waals surface area contributed by atoms with Crippen LogP contribution in [0.25, 0.3) is 0 Å². The molecule has 1 nitrogen and oxygen atoms in total. The smallest absolute Gasteiger partial charge is 0.0314 e. The molecule has 0 unspecified atom stereocenters. The number of allylic oxidation sites excluding steroid dienone is 1. The molecular formula is C7H13N. The average molecular weight is 111 g/mol.